The molecule has 0 unspecified atom stereocenters. The zero-order valence-corrected chi connectivity index (χ0v) is 10.2. The first-order valence-corrected chi connectivity index (χ1v) is 6.22. The van der Waals surface area contributed by atoms with Crippen molar-refractivity contribution in [2.75, 3.05) is 6.54 Å². The third-order valence-corrected chi connectivity index (χ3v) is 2.52. The molecule has 0 aliphatic carbocycles. The summed E-state index contributed by atoms with van der Waals surface area (Å²) >= 11 is 0. The number of nitrogens with one attached hydrogen (secondary N) is 1. The van der Waals surface area contributed by atoms with E-state index in [1.165, 1.54) is 38.5 Å². The van der Waals surface area contributed by atoms with E-state index in [2.05, 4.69) is 12.2 Å². The second-order valence-electron chi connectivity index (χ2n) is 3.91. The van der Waals surface area contributed by atoms with Gasteiger partial charge in [-0.3, -0.25) is 4.79 Å². The molecule has 1 N–H and O–H groups in total. The van der Waals surface area contributed by atoms with Gasteiger partial charge < -0.3 is 5.32 Å². The van der Waals surface area contributed by atoms with Gasteiger partial charge in [0, 0.05) is 18.3 Å². The summed E-state index contributed by atoms with van der Waals surface area (Å²) in [6.07, 6.45) is 11.5. The Balaban J connectivity index is 3.23. The molecule has 2 nitrogen and oxygen atoms in total. The fourth-order valence-corrected chi connectivity index (χ4v) is 1.43. The molecular formula is C13H25NO. The van der Waals surface area contributed by atoms with E-state index in [0.717, 1.165) is 24.8 Å². The predicted octanol–water partition coefficient (Wildman–Crippen LogP) is 3.43. The molecule has 0 bridgehead atoms. The maximum atomic E-state index is 10.5. The molecule has 0 atom stereocenters. The van der Waals surface area contributed by atoms with Gasteiger partial charge in [0.25, 0.3) is 0 Å². The predicted molar refractivity (Wildman–Crippen MR) is 65.8 cm³/mol. The van der Waals surface area contributed by atoms with Gasteiger partial charge in [-0.05, 0) is 12.8 Å². The topological polar surface area (TPSA) is 29.1 Å². The standard InChI is InChI=1S/C13H25NO/c1-3-5-6-7-8-9-10-14-11-13(4-2)12-15/h11-12,14H,3-10H2,1-2H3/b13-11+. The number of hydrogen-bond acceptors (Lipinski definition) is 2. The van der Waals surface area contributed by atoms with E-state index in [1.807, 2.05) is 13.1 Å². The van der Waals surface area contributed by atoms with Crippen molar-refractivity contribution in [2.45, 2.75) is 58.8 Å². The lowest BCUT2D eigenvalue weighted by molar-refractivity contribution is -0.105. The van der Waals surface area contributed by atoms with Crippen LogP contribution in [0.15, 0.2) is 11.8 Å². The molecule has 0 aromatic rings. The number of unbranched alkanes of at least 4 members (excludes halogenated alkanes) is 5. The zero-order valence-electron chi connectivity index (χ0n) is 10.2. The summed E-state index contributed by atoms with van der Waals surface area (Å²) in [6, 6.07) is 0. The average molecular weight is 211 g/mol. The van der Waals surface area contributed by atoms with Crippen molar-refractivity contribution in [3.05, 3.63) is 11.8 Å². The van der Waals surface area contributed by atoms with Gasteiger partial charge in [-0.25, -0.2) is 0 Å². The highest BCUT2D eigenvalue weighted by Crippen LogP contribution is 2.04. The Morgan fingerprint density at radius 3 is 2.33 bits per heavy atom. The van der Waals surface area contributed by atoms with Gasteiger partial charge in [0.05, 0.1) is 0 Å². The normalized spacial score (nSPS) is 11.5. The summed E-state index contributed by atoms with van der Waals surface area (Å²) in [4.78, 5) is 10.5. The summed E-state index contributed by atoms with van der Waals surface area (Å²) in [5.41, 5.74) is 0.848. The van der Waals surface area contributed by atoms with E-state index in [-0.39, 0.29) is 0 Å². The maximum absolute atomic E-state index is 10.5. The molecule has 0 aliphatic rings. The first-order chi connectivity index (χ1) is 7.35. The fourth-order valence-electron chi connectivity index (χ4n) is 1.43. The second-order valence-corrected chi connectivity index (χ2v) is 3.91. The molecule has 0 aromatic carbocycles. The van der Waals surface area contributed by atoms with Crippen molar-refractivity contribution in [2.24, 2.45) is 0 Å². The summed E-state index contributed by atoms with van der Waals surface area (Å²) in [7, 11) is 0. The van der Waals surface area contributed by atoms with E-state index >= 15 is 0 Å². The van der Waals surface area contributed by atoms with Gasteiger partial charge in [0.15, 0.2) is 0 Å². The van der Waals surface area contributed by atoms with Crippen LogP contribution in [0.3, 0.4) is 0 Å². The number of rotatable bonds is 10. The third-order valence-electron chi connectivity index (χ3n) is 2.52. The molecule has 88 valence electrons. The van der Waals surface area contributed by atoms with Crippen LogP contribution in [0.5, 0.6) is 0 Å². The molecular weight excluding hydrogens is 186 g/mol. The average Bonchev–Trinajstić information content (AvgIpc) is 2.27. The largest absolute Gasteiger partial charge is 0.391 e. The Kier molecular flexibility index (Phi) is 10.7. The highest BCUT2D eigenvalue weighted by atomic mass is 16.1. The summed E-state index contributed by atoms with van der Waals surface area (Å²) in [6.45, 7) is 5.22. The van der Waals surface area contributed by atoms with E-state index < -0.39 is 0 Å². The van der Waals surface area contributed by atoms with Crippen LogP contribution in [-0.2, 0) is 4.79 Å². The minimum atomic E-state index is 0.812. The third kappa shape index (κ3) is 9.51. The van der Waals surface area contributed by atoms with Crippen LogP contribution in [0.4, 0.5) is 0 Å². The molecule has 0 saturated carbocycles. The molecule has 0 rings (SSSR count). The van der Waals surface area contributed by atoms with Gasteiger partial charge in [-0.2, -0.15) is 0 Å². The van der Waals surface area contributed by atoms with E-state index in [0.29, 0.717) is 0 Å². The van der Waals surface area contributed by atoms with Crippen LogP contribution in [0.1, 0.15) is 58.8 Å². The lowest BCUT2D eigenvalue weighted by Crippen LogP contribution is -2.08. The Morgan fingerprint density at radius 2 is 1.73 bits per heavy atom. The molecule has 0 spiro atoms. The first kappa shape index (κ1) is 14.2. The van der Waals surface area contributed by atoms with Gasteiger partial charge in [0.2, 0.25) is 0 Å². The Bertz CT molecular complexity index is 175. The molecule has 0 aliphatic heterocycles. The van der Waals surface area contributed by atoms with Gasteiger partial charge in [-0.15, -0.1) is 0 Å². The summed E-state index contributed by atoms with van der Waals surface area (Å²) in [5.74, 6) is 0. The first-order valence-electron chi connectivity index (χ1n) is 6.22. The molecule has 0 aromatic heterocycles. The smallest absolute Gasteiger partial charge is 0.147 e. The van der Waals surface area contributed by atoms with Crippen LogP contribution >= 0.6 is 0 Å². The summed E-state index contributed by atoms with van der Waals surface area (Å²) in [5, 5.41) is 3.18. The summed E-state index contributed by atoms with van der Waals surface area (Å²) < 4.78 is 0. The van der Waals surface area contributed by atoms with Crippen LogP contribution in [0.25, 0.3) is 0 Å². The number of hydrogen-bond donors (Lipinski definition) is 1. The minimum absolute atomic E-state index is 0.812. The Morgan fingerprint density at radius 1 is 1.07 bits per heavy atom. The number of aldehydes is 1. The highest BCUT2D eigenvalue weighted by molar-refractivity contribution is 5.72. The number of allylic oxidation sites excluding steroid dienone is 1. The monoisotopic (exact) mass is 211 g/mol. The zero-order chi connectivity index (χ0) is 11.4. The van der Waals surface area contributed by atoms with E-state index in [1.54, 1.807) is 0 Å². The van der Waals surface area contributed by atoms with Gasteiger partial charge in [-0.1, -0.05) is 46.0 Å². The van der Waals surface area contributed by atoms with Crippen molar-refractivity contribution in [3.63, 3.8) is 0 Å². The van der Waals surface area contributed by atoms with Crippen LogP contribution in [0.2, 0.25) is 0 Å². The lowest BCUT2D eigenvalue weighted by Gasteiger charge is -2.02. The fraction of sp³-hybridized carbons (Fsp3) is 0.769. The molecule has 0 saturated heterocycles. The quantitative estimate of drug-likeness (QED) is 0.341. The minimum Gasteiger partial charge on any atom is -0.391 e. The van der Waals surface area contributed by atoms with Gasteiger partial charge >= 0.3 is 0 Å². The van der Waals surface area contributed by atoms with Gasteiger partial charge in [0.1, 0.15) is 6.29 Å². The molecule has 0 radical (unpaired) electrons. The molecule has 0 heterocycles. The molecule has 0 amide bonds. The second kappa shape index (κ2) is 11.3. The van der Waals surface area contributed by atoms with Crippen molar-refractivity contribution >= 4 is 6.29 Å². The molecule has 0 fully saturated rings. The van der Waals surface area contributed by atoms with Crippen molar-refractivity contribution in [1.29, 1.82) is 0 Å². The lowest BCUT2D eigenvalue weighted by atomic mass is 10.1. The maximum Gasteiger partial charge on any atom is 0.147 e. The highest BCUT2D eigenvalue weighted by Gasteiger charge is 1.90. The number of carbonyl (C=O) groups is 1. The SMILES string of the molecule is CCCCCCCCN/C=C(/C=O)CC. The van der Waals surface area contributed by atoms with Crippen molar-refractivity contribution in [1.82, 2.24) is 5.32 Å². The Labute approximate surface area is 94.1 Å². The van der Waals surface area contributed by atoms with Crippen LogP contribution in [-0.4, -0.2) is 12.8 Å². The van der Waals surface area contributed by atoms with E-state index in [4.69, 9.17) is 0 Å². The molecule has 15 heavy (non-hydrogen) atoms. The van der Waals surface area contributed by atoms with Crippen molar-refractivity contribution < 1.29 is 4.79 Å². The molecule has 2 heteroatoms. The van der Waals surface area contributed by atoms with E-state index in [9.17, 15) is 4.79 Å². The number of carbonyl (C=O) groups excluding carboxylic acids is 1. The van der Waals surface area contributed by atoms with Crippen LogP contribution in [0, 0.1) is 0 Å². The Hall–Kier alpha value is -0.790. The van der Waals surface area contributed by atoms with Crippen molar-refractivity contribution in [3.8, 4) is 0 Å². The van der Waals surface area contributed by atoms with Crippen LogP contribution < -0.4 is 5.32 Å².